The average molecular weight is 429 g/mol. The van der Waals surface area contributed by atoms with Gasteiger partial charge in [0.05, 0.1) is 9.79 Å². The summed E-state index contributed by atoms with van der Waals surface area (Å²) in [6.07, 6.45) is 0. The molecule has 0 aromatic heterocycles. The van der Waals surface area contributed by atoms with E-state index in [1.165, 1.54) is 0 Å². The minimum absolute atomic E-state index is 0. The van der Waals surface area contributed by atoms with E-state index in [1.807, 2.05) is 0 Å². The van der Waals surface area contributed by atoms with Crippen LogP contribution in [0.1, 0.15) is 0 Å². The topological polar surface area (TPSA) is 189 Å². The fourth-order valence-corrected chi connectivity index (χ4v) is 3.89. The van der Waals surface area contributed by atoms with Crippen LogP contribution in [-0.4, -0.2) is 98.0 Å². The Morgan fingerprint density at radius 3 is 1.44 bits per heavy atom. The van der Waals surface area contributed by atoms with Crippen LogP contribution in [0.2, 0.25) is 0 Å². The zero-order valence-electron chi connectivity index (χ0n) is 12.9. The van der Waals surface area contributed by atoms with Gasteiger partial charge < -0.3 is 5.73 Å². The van der Waals surface area contributed by atoms with Gasteiger partial charge >= 0.3 is 0 Å². The Balaban J connectivity index is 0.00000288. The van der Waals surface area contributed by atoms with E-state index in [2.05, 4.69) is 0 Å². The van der Waals surface area contributed by atoms with Crippen LogP contribution in [0.5, 0.6) is 0 Å². The van der Waals surface area contributed by atoms with Gasteiger partial charge in [-0.1, -0.05) is 0 Å². The maximum Gasteiger partial charge on any atom is 0.295 e. The predicted octanol–water partition coefficient (Wildman–Crippen LogP) is -0.599. The Labute approximate surface area is 187 Å². The van der Waals surface area contributed by atoms with E-state index in [-0.39, 0.29) is 69.9 Å². The maximum atomic E-state index is 11.4. The van der Waals surface area contributed by atoms with Gasteiger partial charge in [0.2, 0.25) is 0 Å². The Morgan fingerprint density at radius 1 is 0.680 bits per heavy atom. The van der Waals surface area contributed by atoms with Crippen molar-refractivity contribution in [3.63, 3.8) is 0 Å². The third-order valence-corrected chi connectivity index (χ3v) is 5.40. The predicted molar refractivity (Wildman–Crippen MR) is 89.3 cm³/mol. The molecular weight excluding hydrogens is 420 g/mol. The van der Waals surface area contributed by atoms with Crippen LogP contribution >= 0.6 is 0 Å². The molecule has 2 rings (SSSR count). The fourth-order valence-electron chi connectivity index (χ4n) is 1.96. The summed E-state index contributed by atoms with van der Waals surface area (Å²) < 4.78 is 94.8. The number of hydrogen-bond acceptors (Lipinski definition) is 7. The molecule has 2 radical (unpaired) electrons. The molecule has 0 saturated heterocycles. The molecule has 2 aromatic carbocycles. The molecule has 5 N–H and O–H groups in total. The van der Waals surface area contributed by atoms with Crippen LogP contribution in [-0.2, 0) is 30.4 Å². The number of fused-ring (bicyclic) bond motifs is 1. The summed E-state index contributed by atoms with van der Waals surface area (Å²) in [7, 11) is -14.5. The summed E-state index contributed by atoms with van der Waals surface area (Å²) in [6, 6.07) is 2.69. The van der Waals surface area contributed by atoms with Crippen molar-refractivity contribution >= 4 is 106 Å². The molecule has 0 aliphatic carbocycles. The molecule has 15 heteroatoms. The SMILES string of the molecule is Nc1cc(S(=O)(=O)O)cc2cc(S(=O)(=O)O)cc(S(=O)(=O)O)c12.[Na].[Na]. The zero-order valence-corrected chi connectivity index (χ0v) is 19.4. The number of anilines is 1. The molecule has 10 nitrogen and oxygen atoms in total. The second kappa shape index (κ2) is 8.08. The molecule has 0 bridgehead atoms. The van der Waals surface area contributed by atoms with E-state index in [4.69, 9.17) is 14.8 Å². The van der Waals surface area contributed by atoms with Crippen LogP contribution in [0, 0.1) is 0 Å². The van der Waals surface area contributed by atoms with Crippen molar-refractivity contribution in [1.29, 1.82) is 0 Å². The smallest absolute Gasteiger partial charge is 0.295 e. The molecular formula is C10H9NNa2O9S3. The first-order chi connectivity index (χ1) is 10.2. The van der Waals surface area contributed by atoms with Crippen LogP contribution < -0.4 is 5.73 Å². The zero-order chi connectivity index (χ0) is 17.8. The summed E-state index contributed by atoms with van der Waals surface area (Å²) >= 11 is 0. The summed E-state index contributed by atoms with van der Waals surface area (Å²) in [5, 5.41) is -0.715. The van der Waals surface area contributed by atoms with E-state index in [0.717, 1.165) is 18.2 Å². The third-order valence-electron chi connectivity index (χ3n) is 2.86. The van der Waals surface area contributed by atoms with Crippen molar-refractivity contribution in [3.05, 3.63) is 24.3 Å². The molecule has 0 atom stereocenters. The van der Waals surface area contributed by atoms with E-state index in [1.54, 1.807) is 0 Å². The van der Waals surface area contributed by atoms with E-state index < -0.39 is 50.7 Å². The first kappa shape index (κ1) is 25.2. The second-order valence-corrected chi connectivity index (χ2v) is 8.69. The molecule has 2 aromatic rings. The van der Waals surface area contributed by atoms with E-state index in [9.17, 15) is 29.8 Å². The van der Waals surface area contributed by atoms with Gasteiger partial charge in [0.1, 0.15) is 4.90 Å². The van der Waals surface area contributed by atoms with Crippen LogP contribution in [0.4, 0.5) is 5.69 Å². The van der Waals surface area contributed by atoms with Gasteiger partial charge in [-0.05, 0) is 29.7 Å². The average Bonchev–Trinajstić information content (AvgIpc) is 2.33. The van der Waals surface area contributed by atoms with Gasteiger partial charge in [0.15, 0.2) is 0 Å². The molecule has 0 amide bonds. The second-order valence-electron chi connectivity index (χ2n) is 4.46. The van der Waals surface area contributed by atoms with Gasteiger partial charge in [-0.15, -0.1) is 0 Å². The summed E-state index contributed by atoms with van der Waals surface area (Å²) in [5.41, 5.74) is 5.09. The molecule has 0 aliphatic heterocycles. The molecule has 0 saturated carbocycles. The van der Waals surface area contributed by atoms with Gasteiger partial charge in [-0.3, -0.25) is 13.7 Å². The molecule has 128 valence electrons. The number of nitrogens with two attached hydrogens (primary N) is 1. The van der Waals surface area contributed by atoms with Gasteiger partial charge in [0, 0.05) is 70.2 Å². The first-order valence-corrected chi connectivity index (χ1v) is 9.83. The summed E-state index contributed by atoms with van der Waals surface area (Å²) in [4.78, 5) is -2.58. The van der Waals surface area contributed by atoms with Crippen molar-refractivity contribution < 1.29 is 38.9 Å². The van der Waals surface area contributed by atoms with Crippen molar-refractivity contribution in [3.8, 4) is 0 Å². The Kier molecular flexibility index (Phi) is 8.15. The van der Waals surface area contributed by atoms with Crippen molar-refractivity contribution in [2.45, 2.75) is 14.7 Å². The van der Waals surface area contributed by atoms with Crippen LogP contribution in [0.15, 0.2) is 39.0 Å². The monoisotopic (exact) mass is 429 g/mol. The summed E-state index contributed by atoms with van der Waals surface area (Å²) in [6.45, 7) is 0. The largest absolute Gasteiger partial charge is 0.398 e. The maximum absolute atomic E-state index is 11.4. The van der Waals surface area contributed by atoms with Crippen LogP contribution in [0.3, 0.4) is 0 Å². The Morgan fingerprint density at radius 2 is 1.08 bits per heavy atom. The van der Waals surface area contributed by atoms with Crippen molar-refractivity contribution in [1.82, 2.24) is 0 Å². The van der Waals surface area contributed by atoms with Gasteiger partial charge in [-0.25, -0.2) is 0 Å². The minimum Gasteiger partial charge on any atom is -0.398 e. The van der Waals surface area contributed by atoms with Gasteiger partial charge in [-0.2, -0.15) is 25.3 Å². The van der Waals surface area contributed by atoms with Crippen molar-refractivity contribution in [2.75, 3.05) is 5.73 Å². The van der Waals surface area contributed by atoms with Gasteiger partial charge in [0.25, 0.3) is 30.4 Å². The molecule has 25 heavy (non-hydrogen) atoms. The van der Waals surface area contributed by atoms with Crippen molar-refractivity contribution in [2.24, 2.45) is 0 Å². The number of hydrogen-bond donors (Lipinski definition) is 4. The normalized spacial score (nSPS) is 12.3. The Hall–Kier alpha value is 0.230. The number of rotatable bonds is 3. The summed E-state index contributed by atoms with van der Waals surface area (Å²) in [5.74, 6) is 0. The number of nitrogen functional groups attached to an aromatic ring is 1. The first-order valence-electron chi connectivity index (χ1n) is 5.51. The minimum atomic E-state index is -4.95. The molecule has 0 unspecified atom stereocenters. The molecule has 0 spiro atoms. The third kappa shape index (κ3) is 5.60. The quantitative estimate of drug-likeness (QED) is 0.278. The molecule has 0 heterocycles. The van der Waals surface area contributed by atoms with Crippen LogP contribution in [0.25, 0.3) is 10.8 Å². The molecule has 0 aliphatic rings. The standard InChI is InChI=1S/C10H9NO9S3.2Na/c11-8-3-6(21(12,13)14)1-5-2-7(22(15,16)17)4-9(10(5)8)23(18,19)20;;/h1-4H,11H2,(H,12,13,14)(H,15,16,17)(H,18,19,20);;. The number of benzene rings is 2. The Bertz CT molecular complexity index is 1140. The van der Waals surface area contributed by atoms with E-state index >= 15 is 0 Å². The van der Waals surface area contributed by atoms with E-state index in [0.29, 0.717) is 6.07 Å². The molecule has 0 fully saturated rings. The fraction of sp³-hybridized carbons (Fsp3) is 0.